The zero-order valence-electron chi connectivity index (χ0n) is 21.3. The maximum absolute atomic E-state index is 13.5. The van der Waals surface area contributed by atoms with Gasteiger partial charge >= 0.3 is 0 Å². The highest BCUT2D eigenvalue weighted by Crippen LogP contribution is 2.52. The zero-order chi connectivity index (χ0) is 26.7. The van der Waals surface area contributed by atoms with Gasteiger partial charge in [-0.15, -0.1) is 0 Å². The van der Waals surface area contributed by atoms with Crippen LogP contribution in [0.15, 0.2) is 42.7 Å². The summed E-state index contributed by atoms with van der Waals surface area (Å²) in [7, 11) is 0. The topological polar surface area (TPSA) is 128 Å². The molecule has 2 amide bonds. The van der Waals surface area contributed by atoms with E-state index in [1.165, 1.54) is 11.1 Å². The molecule has 2 aliphatic heterocycles. The molecule has 1 aliphatic carbocycles. The summed E-state index contributed by atoms with van der Waals surface area (Å²) < 4.78 is 5.97. The first kappa shape index (κ1) is 25.5. The van der Waals surface area contributed by atoms with E-state index in [0.29, 0.717) is 22.8 Å². The smallest absolute Gasteiger partial charge is 0.232 e. The summed E-state index contributed by atoms with van der Waals surface area (Å²) in [4.78, 5) is 32.4. The maximum atomic E-state index is 13.5. The van der Waals surface area contributed by atoms with E-state index in [9.17, 15) is 14.7 Å². The number of aliphatic hydroxyl groups is 1. The number of pyridine rings is 1. The number of guanidine groups is 1. The Balaban J connectivity index is 1.41. The largest absolute Gasteiger partial charge is 0.485 e. The summed E-state index contributed by atoms with van der Waals surface area (Å²) in [5.41, 5.74) is -0.0423. The molecule has 10 heteroatoms. The van der Waals surface area contributed by atoms with Crippen molar-refractivity contribution in [2.75, 3.05) is 0 Å². The normalized spacial score (nSPS) is 28.4. The van der Waals surface area contributed by atoms with Crippen LogP contribution in [0, 0.1) is 17.2 Å². The van der Waals surface area contributed by atoms with E-state index in [4.69, 9.17) is 21.7 Å². The Hall–Kier alpha value is -3.17. The number of hydrogen-bond donors (Lipinski definition) is 4. The summed E-state index contributed by atoms with van der Waals surface area (Å²) in [6, 6.07) is 7.87. The third kappa shape index (κ3) is 4.78. The highest BCUT2D eigenvalue weighted by molar-refractivity contribution is 6.30. The van der Waals surface area contributed by atoms with Gasteiger partial charge in [0, 0.05) is 35.8 Å². The van der Waals surface area contributed by atoms with Gasteiger partial charge in [-0.1, -0.05) is 29.8 Å². The number of benzene rings is 1. The number of para-hydroxylation sites is 1. The number of halogens is 1. The Morgan fingerprint density at radius 2 is 2.03 bits per heavy atom. The number of carbonyl (C=O) groups excluding carboxylic acids is 2. The first-order valence-corrected chi connectivity index (χ1v) is 12.8. The Labute approximate surface area is 221 Å². The Kier molecular flexibility index (Phi) is 6.19. The highest BCUT2D eigenvalue weighted by Gasteiger charge is 2.54. The van der Waals surface area contributed by atoms with Gasteiger partial charge in [-0.2, -0.15) is 0 Å². The van der Waals surface area contributed by atoms with Gasteiger partial charge in [0.2, 0.25) is 11.8 Å². The molecule has 0 radical (unpaired) electrons. The van der Waals surface area contributed by atoms with E-state index >= 15 is 0 Å². The number of nitrogens with zero attached hydrogens (tertiary/aromatic N) is 2. The second-order valence-corrected chi connectivity index (χ2v) is 11.8. The molecule has 1 aromatic carbocycles. The predicted molar refractivity (Wildman–Crippen MR) is 138 cm³/mol. The van der Waals surface area contributed by atoms with Gasteiger partial charge in [0.1, 0.15) is 17.5 Å². The number of carbonyl (C=O) groups is 2. The van der Waals surface area contributed by atoms with Crippen molar-refractivity contribution in [3.05, 3.63) is 58.9 Å². The number of fused-ring (bicyclic) bond motifs is 1. The van der Waals surface area contributed by atoms with Gasteiger partial charge in [0.05, 0.1) is 17.1 Å². The van der Waals surface area contributed by atoms with Gasteiger partial charge in [-0.3, -0.25) is 24.9 Å². The molecule has 3 aliphatic rings. The second kappa shape index (κ2) is 8.99. The molecule has 5 atom stereocenters. The van der Waals surface area contributed by atoms with Crippen LogP contribution in [0.1, 0.15) is 63.7 Å². The molecule has 9 nitrogen and oxygen atoms in total. The lowest BCUT2D eigenvalue weighted by Gasteiger charge is -2.43. The average molecular weight is 526 g/mol. The van der Waals surface area contributed by atoms with Crippen molar-refractivity contribution >= 4 is 29.4 Å². The van der Waals surface area contributed by atoms with Gasteiger partial charge in [-0.25, -0.2) is 0 Å². The summed E-state index contributed by atoms with van der Waals surface area (Å²) in [5, 5.41) is 26.2. The minimum Gasteiger partial charge on any atom is -0.485 e. The van der Waals surface area contributed by atoms with Crippen LogP contribution in [-0.4, -0.2) is 50.0 Å². The zero-order valence-corrected chi connectivity index (χ0v) is 22.0. The van der Waals surface area contributed by atoms with Crippen LogP contribution in [0.4, 0.5) is 0 Å². The van der Waals surface area contributed by atoms with E-state index in [1.807, 2.05) is 38.1 Å². The average Bonchev–Trinajstić information content (AvgIpc) is 3.59. The summed E-state index contributed by atoms with van der Waals surface area (Å²) in [6.45, 7) is 7.32. The maximum Gasteiger partial charge on any atom is 0.232 e. The van der Waals surface area contributed by atoms with Crippen molar-refractivity contribution in [2.24, 2.45) is 11.8 Å². The summed E-state index contributed by atoms with van der Waals surface area (Å²) >= 11 is 6.24. The lowest BCUT2D eigenvalue weighted by molar-refractivity contribution is -0.133. The Bertz CT molecular complexity index is 1240. The van der Waals surface area contributed by atoms with Crippen molar-refractivity contribution in [3.63, 3.8) is 0 Å². The quantitative estimate of drug-likeness (QED) is 0.474. The van der Waals surface area contributed by atoms with Crippen molar-refractivity contribution in [1.29, 1.82) is 5.41 Å². The monoisotopic (exact) mass is 525 g/mol. The van der Waals surface area contributed by atoms with E-state index in [-0.39, 0.29) is 30.1 Å². The highest BCUT2D eigenvalue weighted by atomic mass is 35.5. The van der Waals surface area contributed by atoms with Crippen LogP contribution < -0.4 is 15.4 Å². The molecule has 0 bridgehead atoms. The lowest BCUT2D eigenvalue weighted by atomic mass is 9.86. The second-order valence-electron chi connectivity index (χ2n) is 11.4. The number of hydrogen-bond acceptors (Lipinski definition) is 6. The fourth-order valence-electron chi connectivity index (χ4n) is 5.51. The Morgan fingerprint density at radius 1 is 1.30 bits per heavy atom. The van der Waals surface area contributed by atoms with Crippen molar-refractivity contribution in [3.8, 4) is 5.75 Å². The molecule has 1 aromatic heterocycles. The molecule has 0 spiro atoms. The van der Waals surface area contributed by atoms with E-state index in [0.717, 1.165) is 5.56 Å². The van der Waals surface area contributed by atoms with Crippen LogP contribution in [0.25, 0.3) is 0 Å². The SMILES string of the molecule is CC1(C)CC(=O)N(C(c2cncc(Cl)c2)[C@@H]2C[C@H]2C(=O)N[C@@H]2c3ccccc3OC(C)(C)[C@H]2O)C(=N)N1. The predicted octanol–water partition coefficient (Wildman–Crippen LogP) is 3.34. The van der Waals surface area contributed by atoms with Gasteiger partial charge < -0.3 is 20.5 Å². The molecule has 4 N–H and O–H groups in total. The number of nitrogens with one attached hydrogen (secondary N) is 3. The first-order chi connectivity index (χ1) is 17.4. The molecular weight excluding hydrogens is 494 g/mol. The number of aliphatic hydroxyl groups excluding tert-OH is 1. The Morgan fingerprint density at radius 3 is 2.73 bits per heavy atom. The van der Waals surface area contributed by atoms with Crippen LogP contribution in [0.3, 0.4) is 0 Å². The minimum atomic E-state index is -0.959. The van der Waals surface area contributed by atoms with Crippen molar-refractivity contribution < 1.29 is 19.4 Å². The van der Waals surface area contributed by atoms with Crippen LogP contribution in [0.2, 0.25) is 5.02 Å². The fourth-order valence-corrected chi connectivity index (χ4v) is 5.69. The number of ether oxygens (including phenoxy) is 1. The third-order valence-electron chi connectivity index (χ3n) is 7.44. The molecular formula is C27H32ClN5O4. The fraction of sp³-hybridized carbons (Fsp3) is 0.481. The standard InChI is InChI=1S/C27H32ClN5O4/c1-26(2)11-20(34)33(25(29)32-26)22(14-9-15(28)13-30-12-14)17-10-18(17)24(36)31-21-16-7-5-6-8-19(16)37-27(3,4)23(21)35/h5-9,12-13,17-18,21-23,35H,10-11H2,1-4H3,(H2,29,32)(H,31,36)/t17-,18-,21-,22?,23+/m1/s1. The molecule has 1 saturated carbocycles. The van der Waals surface area contributed by atoms with Gasteiger partial charge in [0.25, 0.3) is 0 Å². The summed E-state index contributed by atoms with van der Waals surface area (Å²) in [6.07, 6.45) is 2.91. The third-order valence-corrected chi connectivity index (χ3v) is 7.65. The van der Waals surface area contributed by atoms with Gasteiger partial charge in [0.15, 0.2) is 5.96 Å². The summed E-state index contributed by atoms with van der Waals surface area (Å²) in [5.74, 6) is -0.448. The van der Waals surface area contributed by atoms with Crippen LogP contribution in [0.5, 0.6) is 5.75 Å². The lowest BCUT2D eigenvalue weighted by Crippen LogP contribution is -2.60. The molecule has 37 heavy (non-hydrogen) atoms. The molecule has 3 heterocycles. The molecule has 2 aromatic rings. The van der Waals surface area contributed by atoms with E-state index in [1.54, 1.807) is 26.1 Å². The number of amides is 2. The van der Waals surface area contributed by atoms with Crippen molar-refractivity contribution in [1.82, 2.24) is 20.5 Å². The molecule has 5 rings (SSSR count). The van der Waals surface area contributed by atoms with E-state index in [2.05, 4.69) is 15.6 Å². The number of rotatable bonds is 5. The van der Waals surface area contributed by atoms with Crippen molar-refractivity contribution in [2.45, 2.75) is 69.9 Å². The van der Waals surface area contributed by atoms with E-state index < -0.39 is 35.2 Å². The number of aromatic nitrogens is 1. The molecule has 1 saturated heterocycles. The first-order valence-electron chi connectivity index (χ1n) is 12.4. The molecule has 2 fully saturated rings. The minimum absolute atomic E-state index is 0.00666. The molecule has 196 valence electrons. The van der Waals surface area contributed by atoms with Crippen LogP contribution >= 0.6 is 11.6 Å². The molecule has 1 unspecified atom stereocenters. The van der Waals surface area contributed by atoms with Crippen LogP contribution in [-0.2, 0) is 9.59 Å². The van der Waals surface area contributed by atoms with Gasteiger partial charge in [-0.05, 0) is 57.7 Å².